The summed E-state index contributed by atoms with van der Waals surface area (Å²) in [5.41, 5.74) is 0.538. The van der Waals surface area contributed by atoms with Crippen LogP contribution in [0.4, 0.5) is 10.1 Å². The summed E-state index contributed by atoms with van der Waals surface area (Å²) in [7, 11) is 0. The minimum Gasteiger partial charge on any atom is -0.377 e. The normalized spacial score (nSPS) is 16.8. The van der Waals surface area contributed by atoms with Crippen molar-refractivity contribution in [3.05, 3.63) is 28.5 Å². The molecule has 0 radical (unpaired) electrons. The molecule has 0 unspecified atom stereocenters. The predicted octanol–water partition coefficient (Wildman–Crippen LogP) is 2.40. The van der Waals surface area contributed by atoms with E-state index in [9.17, 15) is 4.39 Å². The van der Waals surface area contributed by atoms with E-state index in [2.05, 4.69) is 21.2 Å². The van der Waals surface area contributed by atoms with E-state index in [0.29, 0.717) is 18.9 Å². The molecule has 1 N–H and O–H groups in total. The van der Waals surface area contributed by atoms with Gasteiger partial charge in [-0.2, -0.15) is 0 Å². The van der Waals surface area contributed by atoms with Crippen molar-refractivity contribution >= 4 is 21.6 Å². The summed E-state index contributed by atoms with van der Waals surface area (Å²) in [6.45, 7) is 1.32. The minimum atomic E-state index is -0.235. The smallest absolute Gasteiger partial charge is 0.147 e. The molecule has 1 fully saturated rings. The maximum Gasteiger partial charge on any atom is 0.147 e. The van der Waals surface area contributed by atoms with Crippen molar-refractivity contribution in [2.24, 2.45) is 0 Å². The SMILES string of the molecule is Fc1cc(Br)ccc1NC1COC1. The molecule has 1 aliphatic rings. The maximum absolute atomic E-state index is 13.2. The largest absolute Gasteiger partial charge is 0.377 e. The number of anilines is 1. The molecule has 1 saturated heterocycles. The fraction of sp³-hybridized carbons (Fsp3) is 0.333. The van der Waals surface area contributed by atoms with Crippen LogP contribution in [0.1, 0.15) is 0 Å². The summed E-state index contributed by atoms with van der Waals surface area (Å²) in [5, 5.41) is 3.05. The molecule has 4 heteroatoms. The van der Waals surface area contributed by atoms with Gasteiger partial charge in [-0.15, -0.1) is 0 Å². The standard InChI is InChI=1S/C9H9BrFNO/c10-6-1-2-9(8(11)3-6)12-7-4-13-5-7/h1-3,7,12H,4-5H2. The molecule has 70 valence electrons. The third-order valence-electron chi connectivity index (χ3n) is 1.93. The Balaban J connectivity index is 2.10. The Labute approximate surface area is 84.2 Å². The topological polar surface area (TPSA) is 21.3 Å². The van der Waals surface area contributed by atoms with E-state index < -0.39 is 0 Å². The summed E-state index contributed by atoms with van der Waals surface area (Å²) in [6.07, 6.45) is 0. The van der Waals surface area contributed by atoms with E-state index in [-0.39, 0.29) is 11.9 Å². The predicted molar refractivity (Wildman–Crippen MR) is 52.3 cm³/mol. The third-order valence-corrected chi connectivity index (χ3v) is 2.42. The molecule has 2 rings (SSSR count). The number of halogens is 2. The zero-order valence-corrected chi connectivity index (χ0v) is 8.47. The second-order valence-corrected chi connectivity index (χ2v) is 3.92. The molecule has 0 saturated carbocycles. The zero-order chi connectivity index (χ0) is 9.26. The Morgan fingerprint density at radius 3 is 2.77 bits per heavy atom. The molecule has 0 atom stereocenters. The molecule has 0 amide bonds. The van der Waals surface area contributed by atoms with E-state index in [4.69, 9.17) is 4.74 Å². The van der Waals surface area contributed by atoms with Crippen LogP contribution in [0.15, 0.2) is 22.7 Å². The number of ether oxygens (including phenoxy) is 1. The lowest BCUT2D eigenvalue weighted by molar-refractivity contribution is 0.0210. The highest BCUT2D eigenvalue weighted by Gasteiger charge is 2.18. The van der Waals surface area contributed by atoms with Crippen LogP contribution in [0.5, 0.6) is 0 Å². The number of benzene rings is 1. The first kappa shape index (κ1) is 8.97. The molecule has 0 spiro atoms. The average molecular weight is 246 g/mol. The molecule has 0 aliphatic carbocycles. The van der Waals surface area contributed by atoms with Crippen LogP contribution >= 0.6 is 15.9 Å². The van der Waals surface area contributed by atoms with Crippen molar-refractivity contribution in [2.45, 2.75) is 6.04 Å². The van der Waals surface area contributed by atoms with Gasteiger partial charge in [-0.3, -0.25) is 0 Å². The monoisotopic (exact) mass is 245 g/mol. The van der Waals surface area contributed by atoms with Gasteiger partial charge >= 0.3 is 0 Å². The van der Waals surface area contributed by atoms with E-state index >= 15 is 0 Å². The van der Waals surface area contributed by atoms with Crippen LogP contribution in [0.3, 0.4) is 0 Å². The van der Waals surface area contributed by atoms with Crippen molar-refractivity contribution < 1.29 is 9.13 Å². The first-order valence-corrected chi connectivity index (χ1v) is 4.84. The second-order valence-electron chi connectivity index (χ2n) is 3.00. The van der Waals surface area contributed by atoms with Crippen LogP contribution in [0, 0.1) is 5.82 Å². The lowest BCUT2D eigenvalue weighted by atomic mass is 10.2. The third kappa shape index (κ3) is 2.00. The lowest BCUT2D eigenvalue weighted by Gasteiger charge is -2.27. The van der Waals surface area contributed by atoms with E-state index in [1.165, 1.54) is 6.07 Å². The molecule has 0 aromatic heterocycles. The highest BCUT2D eigenvalue weighted by Crippen LogP contribution is 2.21. The van der Waals surface area contributed by atoms with Crippen LogP contribution < -0.4 is 5.32 Å². The van der Waals surface area contributed by atoms with Crippen LogP contribution in [-0.2, 0) is 4.74 Å². The van der Waals surface area contributed by atoms with Crippen LogP contribution in [-0.4, -0.2) is 19.3 Å². The van der Waals surface area contributed by atoms with Gasteiger partial charge in [0.05, 0.1) is 24.9 Å². The molecule has 0 bridgehead atoms. The van der Waals surface area contributed by atoms with Gasteiger partial charge in [0.2, 0.25) is 0 Å². The fourth-order valence-corrected chi connectivity index (χ4v) is 1.48. The van der Waals surface area contributed by atoms with E-state index in [1.54, 1.807) is 6.07 Å². The number of hydrogen-bond donors (Lipinski definition) is 1. The Bertz CT molecular complexity index is 314. The maximum atomic E-state index is 13.2. The molecule has 2 nitrogen and oxygen atoms in total. The number of nitrogens with one attached hydrogen (secondary N) is 1. The Kier molecular flexibility index (Phi) is 2.51. The zero-order valence-electron chi connectivity index (χ0n) is 6.89. The van der Waals surface area contributed by atoms with Crippen molar-refractivity contribution in [2.75, 3.05) is 18.5 Å². The van der Waals surface area contributed by atoms with Crippen molar-refractivity contribution in [1.82, 2.24) is 0 Å². The lowest BCUT2D eigenvalue weighted by Crippen LogP contribution is -2.40. The van der Waals surface area contributed by atoms with Gasteiger partial charge < -0.3 is 10.1 Å². The van der Waals surface area contributed by atoms with Crippen molar-refractivity contribution in [3.63, 3.8) is 0 Å². The van der Waals surface area contributed by atoms with E-state index in [0.717, 1.165) is 4.47 Å². The second kappa shape index (κ2) is 3.64. The van der Waals surface area contributed by atoms with Gasteiger partial charge in [0.25, 0.3) is 0 Å². The highest BCUT2D eigenvalue weighted by molar-refractivity contribution is 9.10. The van der Waals surface area contributed by atoms with E-state index in [1.807, 2.05) is 6.07 Å². The molecule has 1 aliphatic heterocycles. The summed E-state index contributed by atoms with van der Waals surface area (Å²) in [5.74, 6) is -0.235. The van der Waals surface area contributed by atoms with Gasteiger partial charge in [0.1, 0.15) is 5.82 Å². The Hall–Kier alpha value is -0.610. The molecule has 1 heterocycles. The summed E-state index contributed by atoms with van der Waals surface area (Å²) >= 11 is 3.20. The molecule has 1 aromatic carbocycles. The van der Waals surface area contributed by atoms with Crippen molar-refractivity contribution in [3.8, 4) is 0 Å². The summed E-state index contributed by atoms with van der Waals surface area (Å²) in [6, 6.07) is 5.24. The van der Waals surface area contributed by atoms with Gasteiger partial charge in [-0.1, -0.05) is 15.9 Å². The van der Waals surface area contributed by atoms with Crippen LogP contribution in [0.2, 0.25) is 0 Å². The van der Waals surface area contributed by atoms with Gasteiger partial charge in [-0.05, 0) is 18.2 Å². The van der Waals surface area contributed by atoms with Crippen molar-refractivity contribution in [1.29, 1.82) is 0 Å². The number of rotatable bonds is 2. The van der Waals surface area contributed by atoms with Crippen LogP contribution in [0.25, 0.3) is 0 Å². The first-order valence-electron chi connectivity index (χ1n) is 4.05. The fourth-order valence-electron chi connectivity index (χ4n) is 1.15. The minimum absolute atomic E-state index is 0.235. The van der Waals surface area contributed by atoms with Gasteiger partial charge in [-0.25, -0.2) is 4.39 Å². The summed E-state index contributed by atoms with van der Waals surface area (Å²) in [4.78, 5) is 0. The number of hydrogen-bond acceptors (Lipinski definition) is 2. The first-order chi connectivity index (χ1) is 6.25. The average Bonchev–Trinajstić information content (AvgIpc) is 1.99. The molecular formula is C9H9BrFNO. The Morgan fingerprint density at radius 1 is 1.46 bits per heavy atom. The van der Waals surface area contributed by atoms with Gasteiger partial charge in [0, 0.05) is 4.47 Å². The Morgan fingerprint density at radius 2 is 2.23 bits per heavy atom. The molecule has 1 aromatic rings. The highest BCUT2D eigenvalue weighted by atomic mass is 79.9. The molecular weight excluding hydrogens is 237 g/mol. The molecule has 13 heavy (non-hydrogen) atoms. The van der Waals surface area contributed by atoms with Gasteiger partial charge in [0.15, 0.2) is 0 Å². The quantitative estimate of drug-likeness (QED) is 0.865. The summed E-state index contributed by atoms with van der Waals surface area (Å²) < 4.78 is 19.0.